The molecule has 0 saturated carbocycles. The van der Waals surface area contributed by atoms with Crippen LogP contribution >= 0.6 is 0 Å². The Balaban J connectivity index is 1.99. The van der Waals surface area contributed by atoms with E-state index in [1.807, 2.05) is 6.92 Å². The Kier molecular flexibility index (Phi) is 4.22. The van der Waals surface area contributed by atoms with E-state index < -0.39 is 5.54 Å². The molecule has 0 radical (unpaired) electrons. The Morgan fingerprint density at radius 3 is 2.68 bits per heavy atom. The molecule has 19 heavy (non-hydrogen) atoms. The van der Waals surface area contributed by atoms with Crippen LogP contribution < -0.4 is 11.1 Å². The van der Waals surface area contributed by atoms with Gasteiger partial charge in [-0.2, -0.15) is 0 Å². The summed E-state index contributed by atoms with van der Waals surface area (Å²) < 4.78 is 5.21. The number of rotatable bonds is 4. The van der Waals surface area contributed by atoms with E-state index in [-0.39, 0.29) is 11.9 Å². The Morgan fingerprint density at radius 2 is 2.16 bits per heavy atom. The number of amides is 1. The minimum Gasteiger partial charge on any atom is -0.379 e. The molecule has 1 saturated heterocycles. The van der Waals surface area contributed by atoms with Gasteiger partial charge in [-0.1, -0.05) is 31.2 Å². The van der Waals surface area contributed by atoms with Gasteiger partial charge in [-0.3, -0.25) is 4.79 Å². The van der Waals surface area contributed by atoms with Gasteiger partial charge in [0.2, 0.25) is 5.91 Å². The number of carbonyl (C=O) groups excluding carboxylic acids is 1. The van der Waals surface area contributed by atoms with E-state index in [2.05, 4.69) is 36.5 Å². The van der Waals surface area contributed by atoms with E-state index in [9.17, 15) is 4.79 Å². The molecular formula is C15H22N2O2. The first-order valence-corrected chi connectivity index (χ1v) is 6.81. The number of benzene rings is 1. The molecule has 104 valence electrons. The predicted octanol–water partition coefficient (Wildman–Crippen LogP) is 1.54. The first-order chi connectivity index (χ1) is 9.05. The maximum Gasteiger partial charge on any atom is 0.243 e. The van der Waals surface area contributed by atoms with Gasteiger partial charge >= 0.3 is 0 Å². The highest BCUT2D eigenvalue weighted by molar-refractivity contribution is 5.86. The largest absolute Gasteiger partial charge is 0.379 e. The number of aryl methyl sites for hydroxylation is 1. The molecule has 4 heteroatoms. The second-order valence-electron chi connectivity index (χ2n) is 5.25. The predicted molar refractivity (Wildman–Crippen MR) is 74.7 cm³/mol. The van der Waals surface area contributed by atoms with E-state index in [0.29, 0.717) is 19.6 Å². The van der Waals surface area contributed by atoms with Crippen molar-refractivity contribution >= 4 is 5.91 Å². The third kappa shape index (κ3) is 3.14. The van der Waals surface area contributed by atoms with Crippen molar-refractivity contribution in [2.24, 2.45) is 5.73 Å². The van der Waals surface area contributed by atoms with Gasteiger partial charge in [0.1, 0.15) is 5.54 Å². The molecule has 1 amide bonds. The van der Waals surface area contributed by atoms with Crippen LogP contribution in [0.1, 0.15) is 37.4 Å². The molecule has 1 aromatic carbocycles. The topological polar surface area (TPSA) is 64.4 Å². The van der Waals surface area contributed by atoms with Crippen LogP contribution in [-0.4, -0.2) is 24.7 Å². The van der Waals surface area contributed by atoms with Crippen LogP contribution in [0.15, 0.2) is 24.3 Å². The Bertz CT molecular complexity index is 436. The van der Waals surface area contributed by atoms with Crippen molar-refractivity contribution in [3.8, 4) is 0 Å². The van der Waals surface area contributed by atoms with Crippen LogP contribution in [0.3, 0.4) is 0 Å². The maximum absolute atomic E-state index is 12.2. The zero-order valence-corrected chi connectivity index (χ0v) is 11.6. The van der Waals surface area contributed by atoms with Crippen molar-refractivity contribution < 1.29 is 9.53 Å². The van der Waals surface area contributed by atoms with Crippen LogP contribution in [0, 0.1) is 0 Å². The molecule has 1 fully saturated rings. The third-order valence-corrected chi connectivity index (χ3v) is 3.74. The lowest BCUT2D eigenvalue weighted by Crippen LogP contribution is -2.54. The summed E-state index contributed by atoms with van der Waals surface area (Å²) >= 11 is 0. The minimum absolute atomic E-state index is 0.0422. The number of hydrogen-bond acceptors (Lipinski definition) is 3. The molecular weight excluding hydrogens is 240 g/mol. The molecule has 0 aliphatic carbocycles. The Labute approximate surface area is 114 Å². The van der Waals surface area contributed by atoms with Crippen molar-refractivity contribution in [2.75, 3.05) is 13.2 Å². The quantitative estimate of drug-likeness (QED) is 0.865. The summed E-state index contributed by atoms with van der Waals surface area (Å²) in [5.41, 5.74) is 7.56. The van der Waals surface area contributed by atoms with Crippen molar-refractivity contribution in [1.29, 1.82) is 0 Å². The van der Waals surface area contributed by atoms with E-state index in [1.165, 1.54) is 5.56 Å². The molecule has 2 atom stereocenters. The first-order valence-electron chi connectivity index (χ1n) is 6.81. The van der Waals surface area contributed by atoms with Crippen LogP contribution in [0.4, 0.5) is 0 Å². The van der Waals surface area contributed by atoms with Crippen molar-refractivity contribution in [3.05, 3.63) is 35.4 Å². The normalized spacial score (nSPS) is 24.2. The minimum atomic E-state index is -0.863. The summed E-state index contributed by atoms with van der Waals surface area (Å²) in [5, 5.41) is 2.97. The number of hydrogen-bond donors (Lipinski definition) is 2. The SMILES string of the molecule is CCc1ccc(C(C)NC(=O)C2(N)CCOC2)cc1. The van der Waals surface area contributed by atoms with E-state index >= 15 is 0 Å². The van der Waals surface area contributed by atoms with Crippen LogP contribution in [0.2, 0.25) is 0 Å². The lowest BCUT2D eigenvalue weighted by atomic mass is 9.97. The van der Waals surface area contributed by atoms with Gasteiger partial charge in [-0.15, -0.1) is 0 Å². The molecule has 2 unspecified atom stereocenters. The number of nitrogens with two attached hydrogens (primary N) is 1. The van der Waals surface area contributed by atoms with E-state index in [1.54, 1.807) is 0 Å². The molecule has 3 N–H and O–H groups in total. The highest BCUT2D eigenvalue weighted by Gasteiger charge is 2.38. The standard InChI is InChI=1S/C15H22N2O2/c1-3-12-4-6-13(7-5-12)11(2)17-14(18)15(16)8-9-19-10-15/h4-7,11H,3,8-10,16H2,1-2H3,(H,17,18). The smallest absolute Gasteiger partial charge is 0.243 e. The van der Waals surface area contributed by atoms with Crippen molar-refractivity contribution in [2.45, 2.75) is 38.3 Å². The van der Waals surface area contributed by atoms with Gasteiger partial charge in [-0.05, 0) is 30.9 Å². The average Bonchev–Trinajstić information content (AvgIpc) is 2.87. The summed E-state index contributed by atoms with van der Waals surface area (Å²) in [4.78, 5) is 12.2. The van der Waals surface area contributed by atoms with Gasteiger partial charge in [0.05, 0.1) is 12.6 Å². The molecule has 1 aromatic rings. The fourth-order valence-electron chi connectivity index (χ4n) is 2.23. The summed E-state index contributed by atoms with van der Waals surface area (Å²) in [6.45, 7) is 4.96. The number of ether oxygens (including phenoxy) is 1. The summed E-state index contributed by atoms with van der Waals surface area (Å²) in [6, 6.07) is 8.25. The van der Waals surface area contributed by atoms with Crippen LogP contribution in [0.5, 0.6) is 0 Å². The molecule has 2 rings (SSSR count). The first kappa shape index (κ1) is 14.0. The summed E-state index contributed by atoms with van der Waals surface area (Å²) in [7, 11) is 0. The summed E-state index contributed by atoms with van der Waals surface area (Å²) in [5.74, 6) is -0.128. The Morgan fingerprint density at radius 1 is 1.47 bits per heavy atom. The number of carbonyl (C=O) groups is 1. The van der Waals surface area contributed by atoms with Gasteiger partial charge in [0.25, 0.3) is 0 Å². The molecule has 0 spiro atoms. The average molecular weight is 262 g/mol. The molecule has 0 aromatic heterocycles. The van der Waals surface area contributed by atoms with Gasteiger partial charge in [0.15, 0.2) is 0 Å². The van der Waals surface area contributed by atoms with E-state index in [4.69, 9.17) is 10.5 Å². The zero-order valence-electron chi connectivity index (χ0n) is 11.6. The Hall–Kier alpha value is -1.39. The molecule has 1 heterocycles. The van der Waals surface area contributed by atoms with Gasteiger partial charge < -0.3 is 15.8 Å². The zero-order chi connectivity index (χ0) is 13.9. The fraction of sp³-hybridized carbons (Fsp3) is 0.533. The van der Waals surface area contributed by atoms with Gasteiger partial charge in [-0.25, -0.2) is 0 Å². The van der Waals surface area contributed by atoms with Crippen molar-refractivity contribution in [1.82, 2.24) is 5.32 Å². The third-order valence-electron chi connectivity index (χ3n) is 3.74. The molecule has 4 nitrogen and oxygen atoms in total. The van der Waals surface area contributed by atoms with Crippen LogP contribution in [-0.2, 0) is 16.0 Å². The molecule has 1 aliphatic heterocycles. The number of nitrogens with one attached hydrogen (secondary N) is 1. The fourth-order valence-corrected chi connectivity index (χ4v) is 2.23. The van der Waals surface area contributed by atoms with E-state index in [0.717, 1.165) is 12.0 Å². The lowest BCUT2D eigenvalue weighted by Gasteiger charge is -2.24. The highest BCUT2D eigenvalue weighted by Crippen LogP contribution is 2.19. The maximum atomic E-state index is 12.2. The monoisotopic (exact) mass is 262 g/mol. The van der Waals surface area contributed by atoms with Crippen LogP contribution in [0.25, 0.3) is 0 Å². The molecule has 0 bridgehead atoms. The molecule has 1 aliphatic rings. The van der Waals surface area contributed by atoms with Gasteiger partial charge in [0, 0.05) is 6.61 Å². The lowest BCUT2D eigenvalue weighted by molar-refractivity contribution is -0.127. The van der Waals surface area contributed by atoms with Crippen molar-refractivity contribution in [3.63, 3.8) is 0 Å². The second-order valence-corrected chi connectivity index (χ2v) is 5.25. The highest BCUT2D eigenvalue weighted by atomic mass is 16.5. The summed E-state index contributed by atoms with van der Waals surface area (Å²) in [6.07, 6.45) is 1.60. The second kappa shape index (κ2) is 5.72.